The van der Waals surface area contributed by atoms with Crippen molar-refractivity contribution in [1.29, 1.82) is 0 Å². The van der Waals surface area contributed by atoms with Crippen LogP contribution in [0.4, 0.5) is 0 Å². The highest BCUT2D eigenvalue weighted by Crippen LogP contribution is 2.28. The molecule has 1 aromatic heterocycles. The molecule has 0 saturated carbocycles. The molecule has 2 rings (SSSR count). The summed E-state index contributed by atoms with van der Waals surface area (Å²) < 4.78 is 5.37. The lowest BCUT2D eigenvalue weighted by molar-refractivity contribution is 0.0663. The smallest absolute Gasteiger partial charge is 0.0469 e. The normalized spacial score (nSPS) is 20.9. The van der Waals surface area contributed by atoms with E-state index >= 15 is 0 Å². The van der Waals surface area contributed by atoms with Crippen LogP contribution >= 0.6 is 27.3 Å². The molecule has 0 aromatic carbocycles. The number of hydrogen-bond acceptors (Lipinski definition) is 2. The van der Waals surface area contributed by atoms with Gasteiger partial charge in [0.15, 0.2) is 0 Å². The molecule has 0 aliphatic carbocycles. The van der Waals surface area contributed by atoms with Gasteiger partial charge in [-0.25, -0.2) is 0 Å². The van der Waals surface area contributed by atoms with Crippen molar-refractivity contribution in [2.24, 2.45) is 5.92 Å². The Bertz CT molecular complexity index is 254. The third-order valence-electron chi connectivity index (χ3n) is 2.75. The first-order chi connectivity index (χ1) is 6.86. The lowest BCUT2D eigenvalue weighted by atomic mass is 9.94. The van der Waals surface area contributed by atoms with Gasteiger partial charge in [0.25, 0.3) is 0 Å². The summed E-state index contributed by atoms with van der Waals surface area (Å²) in [5.74, 6) is 0.797. The van der Waals surface area contributed by atoms with E-state index in [0.29, 0.717) is 4.83 Å². The van der Waals surface area contributed by atoms with Crippen LogP contribution in [0.15, 0.2) is 17.5 Å². The van der Waals surface area contributed by atoms with Crippen molar-refractivity contribution in [1.82, 2.24) is 0 Å². The highest BCUT2D eigenvalue weighted by Gasteiger charge is 2.22. The molecule has 1 aliphatic rings. The van der Waals surface area contributed by atoms with Crippen molar-refractivity contribution in [2.45, 2.75) is 24.1 Å². The quantitative estimate of drug-likeness (QED) is 0.767. The minimum atomic E-state index is 0.630. The van der Waals surface area contributed by atoms with E-state index in [2.05, 4.69) is 33.4 Å². The second kappa shape index (κ2) is 5.29. The first-order valence-corrected chi connectivity index (χ1v) is 6.90. The van der Waals surface area contributed by atoms with Crippen LogP contribution in [-0.2, 0) is 11.2 Å². The Kier molecular flexibility index (Phi) is 4.02. The largest absolute Gasteiger partial charge is 0.381 e. The maximum absolute atomic E-state index is 5.37. The minimum Gasteiger partial charge on any atom is -0.381 e. The molecule has 14 heavy (non-hydrogen) atoms. The maximum atomic E-state index is 5.37. The molecule has 0 spiro atoms. The summed E-state index contributed by atoms with van der Waals surface area (Å²) in [5, 5.41) is 2.15. The molecule has 0 N–H and O–H groups in total. The summed E-state index contributed by atoms with van der Waals surface area (Å²) in [6.45, 7) is 1.88. The second-order valence-electron chi connectivity index (χ2n) is 3.75. The third kappa shape index (κ3) is 2.81. The Hall–Kier alpha value is 0.140. The van der Waals surface area contributed by atoms with Crippen LogP contribution in [0.3, 0.4) is 0 Å². The molecule has 0 radical (unpaired) electrons. The summed E-state index contributed by atoms with van der Waals surface area (Å²) in [6, 6.07) is 4.35. The van der Waals surface area contributed by atoms with Gasteiger partial charge in [-0.2, -0.15) is 0 Å². The van der Waals surface area contributed by atoms with Gasteiger partial charge in [-0.15, -0.1) is 11.3 Å². The van der Waals surface area contributed by atoms with Gasteiger partial charge in [-0.3, -0.25) is 0 Å². The fourth-order valence-electron chi connectivity index (χ4n) is 1.87. The van der Waals surface area contributed by atoms with Crippen molar-refractivity contribution >= 4 is 27.3 Å². The van der Waals surface area contributed by atoms with E-state index in [4.69, 9.17) is 4.74 Å². The Labute approximate surface area is 97.6 Å². The maximum Gasteiger partial charge on any atom is 0.0469 e. The van der Waals surface area contributed by atoms with Crippen LogP contribution in [-0.4, -0.2) is 18.0 Å². The van der Waals surface area contributed by atoms with Crippen molar-refractivity contribution in [3.8, 4) is 0 Å². The van der Waals surface area contributed by atoms with E-state index in [1.165, 1.54) is 24.1 Å². The molecule has 1 saturated heterocycles. The highest BCUT2D eigenvalue weighted by molar-refractivity contribution is 9.09. The van der Waals surface area contributed by atoms with Gasteiger partial charge >= 0.3 is 0 Å². The van der Waals surface area contributed by atoms with E-state index in [-0.39, 0.29) is 0 Å². The lowest BCUT2D eigenvalue weighted by Crippen LogP contribution is -2.24. The standard InChI is InChI=1S/C11H15BrOS/c12-11(8-10-2-1-7-14-10)9-3-5-13-6-4-9/h1-2,7,9,11H,3-6,8H2. The second-order valence-corrected chi connectivity index (χ2v) is 5.96. The van der Waals surface area contributed by atoms with E-state index in [1.54, 1.807) is 0 Å². The molecule has 1 aliphatic heterocycles. The zero-order valence-corrected chi connectivity index (χ0v) is 10.5. The molecule has 1 fully saturated rings. The third-order valence-corrected chi connectivity index (χ3v) is 4.72. The number of ether oxygens (including phenoxy) is 1. The summed E-state index contributed by atoms with van der Waals surface area (Å²) in [5.41, 5.74) is 0. The molecule has 2 heterocycles. The lowest BCUT2D eigenvalue weighted by Gasteiger charge is -2.26. The van der Waals surface area contributed by atoms with Crippen molar-refractivity contribution in [3.63, 3.8) is 0 Å². The zero-order valence-electron chi connectivity index (χ0n) is 8.12. The van der Waals surface area contributed by atoms with Crippen molar-refractivity contribution in [2.75, 3.05) is 13.2 Å². The zero-order chi connectivity index (χ0) is 9.80. The molecule has 1 unspecified atom stereocenters. The minimum absolute atomic E-state index is 0.630. The van der Waals surface area contributed by atoms with Gasteiger partial charge in [-0.05, 0) is 36.6 Å². The SMILES string of the molecule is BrC(Cc1cccs1)C1CCOCC1. The summed E-state index contributed by atoms with van der Waals surface area (Å²) >= 11 is 5.67. The summed E-state index contributed by atoms with van der Waals surface area (Å²) in [4.78, 5) is 2.11. The van der Waals surface area contributed by atoms with E-state index < -0.39 is 0 Å². The molecule has 1 atom stereocenters. The number of hydrogen-bond donors (Lipinski definition) is 0. The van der Waals surface area contributed by atoms with Gasteiger partial charge < -0.3 is 4.74 Å². The molecular weight excluding hydrogens is 260 g/mol. The molecule has 0 amide bonds. The molecule has 1 nitrogen and oxygen atoms in total. The Morgan fingerprint density at radius 2 is 2.29 bits per heavy atom. The van der Waals surface area contributed by atoms with Crippen LogP contribution in [0.5, 0.6) is 0 Å². The molecule has 1 aromatic rings. The van der Waals surface area contributed by atoms with Crippen LogP contribution < -0.4 is 0 Å². The first kappa shape index (κ1) is 10.7. The van der Waals surface area contributed by atoms with Gasteiger partial charge in [0.2, 0.25) is 0 Å². The predicted molar refractivity (Wildman–Crippen MR) is 64.3 cm³/mol. The number of halogens is 1. The fourth-order valence-corrected chi connectivity index (χ4v) is 3.72. The monoisotopic (exact) mass is 274 g/mol. The van der Waals surface area contributed by atoms with Crippen LogP contribution in [0.1, 0.15) is 17.7 Å². The first-order valence-electron chi connectivity index (χ1n) is 5.10. The Morgan fingerprint density at radius 3 is 2.93 bits per heavy atom. The molecule has 78 valence electrons. The highest BCUT2D eigenvalue weighted by atomic mass is 79.9. The number of thiophene rings is 1. The van der Waals surface area contributed by atoms with Gasteiger partial charge in [-0.1, -0.05) is 22.0 Å². The average molecular weight is 275 g/mol. The van der Waals surface area contributed by atoms with Crippen molar-refractivity contribution in [3.05, 3.63) is 22.4 Å². The Morgan fingerprint density at radius 1 is 1.50 bits per heavy atom. The van der Waals surface area contributed by atoms with E-state index in [1.807, 2.05) is 11.3 Å². The summed E-state index contributed by atoms with van der Waals surface area (Å²) in [7, 11) is 0. The van der Waals surface area contributed by atoms with Gasteiger partial charge in [0, 0.05) is 22.9 Å². The van der Waals surface area contributed by atoms with Crippen LogP contribution in [0.2, 0.25) is 0 Å². The van der Waals surface area contributed by atoms with E-state index in [0.717, 1.165) is 19.1 Å². The van der Waals surface area contributed by atoms with Gasteiger partial charge in [0.1, 0.15) is 0 Å². The van der Waals surface area contributed by atoms with Crippen molar-refractivity contribution < 1.29 is 4.74 Å². The number of alkyl halides is 1. The van der Waals surface area contributed by atoms with E-state index in [9.17, 15) is 0 Å². The summed E-state index contributed by atoms with van der Waals surface area (Å²) in [6.07, 6.45) is 3.59. The van der Waals surface area contributed by atoms with Crippen LogP contribution in [0, 0.1) is 5.92 Å². The number of rotatable bonds is 3. The topological polar surface area (TPSA) is 9.23 Å². The molecular formula is C11H15BrOS. The Balaban J connectivity index is 1.85. The van der Waals surface area contributed by atoms with Crippen LogP contribution in [0.25, 0.3) is 0 Å². The molecule has 0 bridgehead atoms. The fraction of sp³-hybridized carbons (Fsp3) is 0.636. The average Bonchev–Trinajstić information content (AvgIpc) is 2.72. The predicted octanol–water partition coefficient (Wildman–Crippen LogP) is 3.48. The van der Waals surface area contributed by atoms with Gasteiger partial charge in [0.05, 0.1) is 0 Å². The molecule has 3 heteroatoms.